The molecular weight excluding hydrogens is 304 g/mol. The Balaban J connectivity index is 1.83. The van der Waals surface area contributed by atoms with Gasteiger partial charge in [0.25, 0.3) is 5.91 Å². The van der Waals surface area contributed by atoms with Crippen LogP contribution in [0.3, 0.4) is 0 Å². The van der Waals surface area contributed by atoms with E-state index in [1.165, 1.54) is 0 Å². The van der Waals surface area contributed by atoms with Crippen LogP contribution in [0.1, 0.15) is 73.2 Å². The Hall–Kier alpha value is -2.11. The van der Waals surface area contributed by atoms with Gasteiger partial charge in [-0.1, -0.05) is 25.9 Å². The first-order valence-electron chi connectivity index (χ1n) is 8.80. The SMILES string of the molecule is CCc1nccn1[C@@H]1CCCN(C(=O)c2c(C)noc2C(C)C)C1. The Kier molecular flexibility index (Phi) is 4.73. The molecule has 0 spiro atoms. The first-order valence-corrected chi connectivity index (χ1v) is 8.80. The van der Waals surface area contributed by atoms with Crippen LogP contribution < -0.4 is 0 Å². The van der Waals surface area contributed by atoms with Gasteiger partial charge in [-0.25, -0.2) is 4.98 Å². The number of likely N-dealkylation sites (tertiary alicyclic amines) is 1. The van der Waals surface area contributed by atoms with Crippen molar-refractivity contribution in [3.8, 4) is 0 Å². The van der Waals surface area contributed by atoms with Crippen molar-refractivity contribution in [1.82, 2.24) is 19.6 Å². The summed E-state index contributed by atoms with van der Waals surface area (Å²) in [5.74, 6) is 1.96. The summed E-state index contributed by atoms with van der Waals surface area (Å²) < 4.78 is 7.62. The van der Waals surface area contributed by atoms with Crippen molar-refractivity contribution in [2.75, 3.05) is 13.1 Å². The van der Waals surface area contributed by atoms with Crippen LogP contribution in [0.5, 0.6) is 0 Å². The van der Waals surface area contributed by atoms with Crippen molar-refractivity contribution >= 4 is 5.91 Å². The van der Waals surface area contributed by atoms with Gasteiger partial charge in [-0.05, 0) is 19.8 Å². The Morgan fingerprint density at radius 3 is 2.96 bits per heavy atom. The molecule has 130 valence electrons. The number of aromatic nitrogens is 3. The van der Waals surface area contributed by atoms with Crippen LogP contribution in [0.15, 0.2) is 16.9 Å². The van der Waals surface area contributed by atoms with E-state index >= 15 is 0 Å². The second-order valence-electron chi connectivity index (χ2n) is 6.81. The predicted octanol–water partition coefficient (Wildman–Crippen LogP) is 3.34. The third-order valence-corrected chi connectivity index (χ3v) is 4.77. The fraction of sp³-hybridized carbons (Fsp3) is 0.611. The highest BCUT2D eigenvalue weighted by Crippen LogP contribution is 2.28. The van der Waals surface area contributed by atoms with Crippen molar-refractivity contribution < 1.29 is 9.32 Å². The molecule has 0 radical (unpaired) electrons. The van der Waals surface area contributed by atoms with Crippen LogP contribution in [0, 0.1) is 6.92 Å². The molecule has 1 aliphatic rings. The number of nitrogens with zero attached hydrogens (tertiary/aromatic N) is 4. The Labute approximate surface area is 142 Å². The number of carbonyl (C=O) groups is 1. The molecule has 1 aliphatic heterocycles. The molecule has 3 rings (SSSR count). The summed E-state index contributed by atoms with van der Waals surface area (Å²) >= 11 is 0. The number of hydrogen-bond donors (Lipinski definition) is 0. The van der Waals surface area contributed by atoms with Gasteiger partial charge in [-0.2, -0.15) is 0 Å². The first kappa shape index (κ1) is 16.7. The topological polar surface area (TPSA) is 64.2 Å². The summed E-state index contributed by atoms with van der Waals surface area (Å²) in [5, 5.41) is 4.01. The average Bonchev–Trinajstić information content (AvgIpc) is 3.20. The molecule has 24 heavy (non-hydrogen) atoms. The number of amides is 1. The monoisotopic (exact) mass is 330 g/mol. The molecule has 2 aromatic heterocycles. The van der Waals surface area contributed by atoms with Gasteiger partial charge in [0.1, 0.15) is 11.4 Å². The Morgan fingerprint density at radius 1 is 1.46 bits per heavy atom. The minimum atomic E-state index is 0.0420. The zero-order chi connectivity index (χ0) is 17.3. The minimum Gasteiger partial charge on any atom is -0.360 e. The molecule has 1 amide bonds. The third-order valence-electron chi connectivity index (χ3n) is 4.77. The van der Waals surface area contributed by atoms with Gasteiger partial charge >= 0.3 is 0 Å². The lowest BCUT2D eigenvalue weighted by Gasteiger charge is -2.34. The second kappa shape index (κ2) is 6.79. The molecule has 0 saturated carbocycles. The highest BCUT2D eigenvalue weighted by Gasteiger charge is 2.31. The molecule has 0 bridgehead atoms. The molecule has 2 aromatic rings. The van der Waals surface area contributed by atoms with Gasteiger partial charge in [0.15, 0.2) is 5.76 Å². The Morgan fingerprint density at radius 2 is 2.25 bits per heavy atom. The normalized spacial score (nSPS) is 18.4. The van der Waals surface area contributed by atoms with E-state index in [0.29, 0.717) is 29.6 Å². The second-order valence-corrected chi connectivity index (χ2v) is 6.81. The zero-order valence-corrected chi connectivity index (χ0v) is 15.0. The number of hydrogen-bond acceptors (Lipinski definition) is 4. The van der Waals surface area contributed by atoms with E-state index in [-0.39, 0.29) is 11.8 Å². The molecule has 1 saturated heterocycles. The largest absolute Gasteiger partial charge is 0.360 e. The lowest BCUT2D eigenvalue weighted by atomic mass is 10.0. The van der Waals surface area contributed by atoms with Crippen molar-refractivity contribution in [1.29, 1.82) is 0 Å². The number of imidazole rings is 1. The molecule has 0 unspecified atom stereocenters. The van der Waals surface area contributed by atoms with Crippen LogP contribution in [0.25, 0.3) is 0 Å². The van der Waals surface area contributed by atoms with Crippen molar-refractivity contribution in [2.45, 2.75) is 58.9 Å². The fourth-order valence-electron chi connectivity index (χ4n) is 3.52. The van der Waals surface area contributed by atoms with Crippen molar-refractivity contribution in [3.63, 3.8) is 0 Å². The minimum absolute atomic E-state index is 0.0420. The number of piperidine rings is 1. The molecule has 0 N–H and O–H groups in total. The average molecular weight is 330 g/mol. The quantitative estimate of drug-likeness (QED) is 0.862. The van der Waals surface area contributed by atoms with Gasteiger partial charge in [0, 0.05) is 37.8 Å². The number of aryl methyl sites for hydroxylation is 2. The van der Waals surface area contributed by atoms with Crippen molar-refractivity contribution in [3.05, 3.63) is 35.2 Å². The Bertz CT molecular complexity index is 716. The first-order chi connectivity index (χ1) is 11.5. The van der Waals surface area contributed by atoms with Gasteiger partial charge in [0.05, 0.1) is 11.7 Å². The van der Waals surface area contributed by atoms with E-state index < -0.39 is 0 Å². The molecule has 0 aromatic carbocycles. The maximum absolute atomic E-state index is 13.1. The van der Waals surface area contributed by atoms with E-state index in [4.69, 9.17) is 4.52 Å². The molecule has 6 nitrogen and oxygen atoms in total. The van der Waals surface area contributed by atoms with E-state index in [1.807, 2.05) is 38.1 Å². The van der Waals surface area contributed by atoms with Gasteiger partial charge in [-0.3, -0.25) is 4.79 Å². The summed E-state index contributed by atoms with van der Waals surface area (Å²) in [6, 6.07) is 0.294. The zero-order valence-electron chi connectivity index (χ0n) is 15.0. The summed E-state index contributed by atoms with van der Waals surface area (Å²) in [4.78, 5) is 19.4. The molecule has 3 heterocycles. The van der Waals surface area contributed by atoms with Gasteiger partial charge in [0.2, 0.25) is 0 Å². The maximum Gasteiger partial charge on any atom is 0.259 e. The number of carbonyl (C=O) groups excluding carboxylic acids is 1. The summed E-state index contributed by atoms with van der Waals surface area (Å²) in [6.07, 6.45) is 6.86. The van der Waals surface area contributed by atoms with E-state index in [0.717, 1.165) is 31.6 Å². The number of rotatable bonds is 4. The maximum atomic E-state index is 13.1. The summed E-state index contributed by atoms with van der Waals surface area (Å²) in [7, 11) is 0. The standard InChI is InChI=1S/C18H26N4O2/c1-5-15-19-8-10-22(15)14-7-6-9-21(11-14)18(23)16-13(4)20-24-17(16)12(2)3/h8,10,12,14H,5-7,9,11H2,1-4H3/t14-/m1/s1. The van der Waals surface area contributed by atoms with E-state index in [2.05, 4.69) is 21.6 Å². The summed E-state index contributed by atoms with van der Waals surface area (Å²) in [5.41, 5.74) is 1.33. The highest BCUT2D eigenvalue weighted by molar-refractivity contribution is 5.96. The third kappa shape index (κ3) is 2.97. The molecule has 1 atom stereocenters. The smallest absolute Gasteiger partial charge is 0.259 e. The molecule has 6 heteroatoms. The van der Waals surface area contributed by atoms with Crippen LogP contribution in [-0.2, 0) is 6.42 Å². The van der Waals surface area contributed by atoms with Crippen LogP contribution in [0.2, 0.25) is 0 Å². The summed E-state index contributed by atoms with van der Waals surface area (Å²) in [6.45, 7) is 9.50. The van der Waals surface area contributed by atoms with E-state index in [1.54, 1.807) is 0 Å². The molecule has 0 aliphatic carbocycles. The van der Waals surface area contributed by atoms with Crippen LogP contribution in [-0.4, -0.2) is 38.6 Å². The lowest BCUT2D eigenvalue weighted by molar-refractivity contribution is 0.0674. The molecule has 1 fully saturated rings. The fourth-order valence-corrected chi connectivity index (χ4v) is 3.52. The van der Waals surface area contributed by atoms with Crippen LogP contribution >= 0.6 is 0 Å². The highest BCUT2D eigenvalue weighted by atomic mass is 16.5. The van der Waals surface area contributed by atoms with Crippen molar-refractivity contribution in [2.24, 2.45) is 0 Å². The lowest BCUT2D eigenvalue weighted by Crippen LogP contribution is -2.41. The molecular formula is C18H26N4O2. The van der Waals surface area contributed by atoms with E-state index in [9.17, 15) is 4.79 Å². The van der Waals surface area contributed by atoms with Gasteiger partial charge < -0.3 is 14.0 Å². The predicted molar refractivity (Wildman–Crippen MR) is 91.1 cm³/mol. The van der Waals surface area contributed by atoms with Gasteiger partial charge in [-0.15, -0.1) is 0 Å². The van der Waals surface area contributed by atoms with Crippen LogP contribution in [0.4, 0.5) is 0 Å².